The number of rotatable bonds is 2. The van der Waals surface area contributed by atoms with Crippen LogP contribution in [0.2, 0.25) is 0 Å². The van der Waals surface area contributed by atoms with Gasteiger partial charge >= 0.3 is 0 Å². The van der Waals surface area contributed by atoms with Crippen molar-refractivity contribution in [3.05, 3.63) is 55.4 Å². The highest BCUT2D eigenvalue weighted by Gasteiger charge is 2.06. The zero-order valence-corrected chi connectivity index (χ0v) is 12.5. The van der Waals surface area contributed by atoms with E-state index in [1.807, 2.05) is 19.1 Å². The number of thiazole rings is 1. The van der Waals surface area contributed by atoms with Gasteiger partial charge in [0.25, 0.3) is 5.56 Å². The minimum Gasteiger partial charge on any atom is -0.293 e. The molecule has 1 aromatic carbocycles. The van der Waals surface area contributed by atoms with Crippen LogP contribution in [0.5, 0.6) is 0 Å². The topological polar surface area (TPSA) is 47.8 Å². The van der Waals surface area contributed by atoms with Gasteiger partial charge in [0.15, 0.2) is 0 Å². The van der Waals surface area contributed by atoms with Crippen LogP contribution in [0.25, 0.3) is 10.9 Å². The van der Waals surface area contributed by atoms with Crippen molar-refractivity contribution in [1.29, 1.82) is 0 Å². The summed E-state index contributed by atoms with van der Waals surface area (Å²) < 4.78 is 2.53. The van der Waals surface area contributed by atoms with Crippen LogP contribution in [0.15, 0.2) is 40.0 Å². The van der Waals surface area contributed by atoms with Gasteiger partial charge in [-0.3, -0.25) is 9.36 Å². The second-order valence-electron chi connectivity index (χ2n) is 4.18. The van der Waals surface area contributed by atoms with E-state index < -0.39 is 0 Å². The molecule has 0 N–H and O–H groups in total. The first-order valence-electron chi connectivity index (χ1n) is 5.69. The molecule has 0 saturated heterocycles. The van der Waals surface area contributed by atoms with Gasteiger partial charge in [0.1, 0.15) is 0 Å². The van der Waals surface area contributed by atoms with Crippen molar-refractivity contribution < 1.29 is 0 Å². The van der Waals surface area contributed by atoms with Gasteiger partial charge in [0, 0.05) is 15.5 Å². The fourth-order valence-corrected chi connectivity index (χ4v) is 3.03. The van der Waals surface area contributed by atoms with Gasteiger partial charge in [0.05, 0.1) is 28.8 Å². The summed E-state index contributed by atoms with van der Waals surface area (Å²) in [4.78, 5) is 21.9. The number of hydrogen-bond acceptors (Lipinski definition) is 4. The van der Waals surface area contributed by atoms with Gasteiger partial charge in [-0.05, 0) is 25.1 Å². The number of fused-ring (bicyclic) bond motifs is 1. The van der Waals surface area contributed by atoms with Crippen molar-refractivity contribution >= 4 is 38.2 Å². The highest BCUT2D eigenvalue weighted by atomic mass is 79.9. The molecule has 2 aromatic heterocycles. The van der Waals surface area contributed by atoms with Crippen LogP contribution < -0.4 is 5.56 Å². The van der Waals surface area contributed by atoms with Crippen LogP contribution in [0.1, 0.15) is 9.88 Å². The average Bonchev–Trinajstić information content (AvgIpc) is 2.78. The van der Waals surface area contributed by atoms with Gasteiger partial charge in [-0.25, -0.2) is 9.97 Å². The summed E-state index contributed by atoms with van der Waals surface area (Å²) in [5, 5.41) is 1.63. The van der Waals surface area contributed by atoms with E-state index in [1.165, 1.54) is 0 Å². The molecule has 0 aliphatic carbocycles. The summed E-state index contributed by atoms with van der Waals surface area (Å²) in [7, 11) is 0. The fourth-order valence-electron chi connectivity index (χ4n) is 1.89. The Labute approximate surface area is 121 Å². The fraction of sp³-hybridized carbons (Fsp3) is 0.154. The minimum atomic E-state index is -0.0245. The molecular formula is C13H10BrN3OS. The number of benzene rings is 1. The molecule has 4 nitrogen and oxygen atoms in total. The molecule has 3 rings (SSSR count). The van der Waals surface area contributed by atoms with Crippen molar-refractivity contribution in [2.75, 3.05) is 0 Å². The van der Waals surface area contributed by atoms with Crippen molar-refractivity contribution in [3.8, 4) is 0 Å². The Morgan fingerprint density at radius 3 is 2.95 bits per heavy atom. The van der Waals surface area contributed by atoms with Crippen molar-refractivity contribution in [2.24, 2.45) is 0 Å². The first-order chi connectivity index (χ1) is 9.13. The summed E-state index contributed by atoms with van der Waals surface area (Å²) in [6.45, 7) is 2.47. The zero-order chi connectivity index (χ0) is 13.4. The minimum absolute atomic E-state index is 0.0245. The Balaban J connectivity index is 2.08. The van der Waals surface area contributed by atoms with E-state index in [0.717, 1.165) is 14.4 Å². The summed E-state index contributed by atoms with van der Waals surface area (Å²) >= 11 is 4.97. The van der Waals surface area contributed by atoms with Crippen LogP contribution in [-0.4, -0.2) is 14.5 Å². The lowest BCUT2D eigenvalue weighted by Gasteiger charge is -2.04. The van der Waals surface area contributed by atoms with E-state index in [0.29, 0.717) is 17.4 Å². The monoisotopic (exact) mass is 335 g/mol. The number of halogens is 1. The van der Waals surface area contributed by atoms with Crippen LogP contribution in [0, 0.1) is 6.92 Å². The highest BCUT2D eigenvalue weighted by molar-refractivity contribution is 9.10. The van der Waals surface area contributed by atoms with Gasteiger partial charge in [-0.1, -0.05) is 15.9 Å². The quantitative estimate of drug-likeness (QED) is 0.723. The lowest BCUT2D eigenvalue weighted by molar-refractivity contribution is 0.757. The molecule has 2 heterocycles. The van der Waals surface area contributed by atoms with Crippen LogP contribution in [0.3, 0.4) is 0 Å². The summed E-state index contributed by atoms with van der Waals surface area (Å²) in [6.07, 6.45) is 3.39. The van der Waals surface area contributed by atoms with Crippen molar-refractivity contribution in [1.82, 2.24) is 14.5 Å². The van der Waals surface area contributed by atoms with E-state index in [9.17, 15) is 4.79 Å². The summed E-state index contributed by atoms with van der Waals surface area (Å²) in [5.41, 5.74) is 0.680. The molecule has 0 spiro atoms. The molecular weight excluding hydrogens is 326 g/mol. The molecule has 0 aliphatic heterocycles. The zero-order valence-electron chi connectivity index (χ0n) is 10.1. The Morgan fingerprint density at radius 2 is 2.21 bits per heavy atom. The van der Waals surface area contributed by atoms with E-state index >= 15 is 0 Å². The Hall–Kier alpha value is -1.53. The molecule has 0 aliphatic rings. The predicted octanol–water partition coefficient (Wildman–Crippen LogP) is 2.97. The normalized spacial score (nSPS) is 11.1. The Morgan fingerprint density at radius 1 is 1.37 bits per heavy atom. The standard InChI is InChI=1S/C13H10BrN3OS/c1-8-15-5-10(19-8)6-17-7-16-12-4-9(14)2-3-11(12)13(17)18/h2-5,7H,6H2,1H3. The maximum absolute atomic E-state index is 12.3. The molecule has 0 fully saturated rings. The maximum atomic E-state index is 12.3. The first kappa shape index (κ1) is 12.5. The molecule has 0 radical (unpaired) electrons. The van der Waals surface area contributed by atoms with Crippen LogP contribution in [0.4, 0.5) is 0 Å². The average molecular weight is 336 g/mol. The molecule has 96 valence electrons. The smallest absolute Gasteiger partial charge is 0.261 e. The maximum Gasteiger partial charge on any atom is 0.261 e. The van der Waals surface area contributed by atoms with Crippen LogP contribution >= 0.6 is 27.3 Å². The van der Waals surface area contributed by atoms with E-state index in [1.54, 1.807) is 34.5 Å². The number of aryl methyl sites for hydroxylation is 1. The lowest BCUT2D eigenvalue weighted by Crippen LogP contribution is -2.20. The summed E-state index contributed by atoms with van der Waals surface area (Å²) in [5.74, 6) is 0. The molecule has 3 aromatic rings. The summed E-state index contributed by atoms with van der Waals surface area (Å²) in [6, 6.07) is 5.49. The second kappa shape index (κ2) is 4.86. The second-order valence-corrected chi connectivity index (χ2v) is 6.42. The van der Waals surface area contributed by atoms with E-state index in [2.05, 4.69) is 25.9 Å². The first-order valence-corrected chi connectivity index (χ1v) is 7.30. The molecule has 0 atom stereocenters. The highest BCUT2D eigenvalue weighted by Crippen LogP contribution is 2.16. The number of aromatic nitrogens is 3. The molecule has 0 saturated carbocycles. The Kier molecular flexibility index (Phi) is 3.20. The van der Waals surface area contributed by atoms with Gasteiger partial charge in [-0.15, -0.1) is 11.3 Å². The third-order valence-corrected chi connectivity index (χ3v) is 4.17. The predicted molar refractivity (Wildman–Crippen MR) is 79.7 cm³/mol. The number of nitrogens with zero attached hydrogens (tertiary/aromatic N) is 3. The van der Waals surface area contributed by atoms with Crippen molar-refractivity contribution in [2.45, 2.75) is 13.5 Å². The SMILES string of the molecule is Cc1ncc(Cn2cnc3cc(Br)ccc3c2=O)s1. The largest absolute Gasteiger partial charge is 0.293 e. The van der Waals surface area contributed by atoms with Crippen molar-refractivity contribution in [3.63, 3.8) is 0 Å². The number of hydrogen-bond donors (Lipinski definition) is 0. The van der Waals surface area contributed by atoms with Gasteiger partial charge in [-0.2, -0.15) is 0 Å². The molecule has 0 bridgehead atoms. The molecule has 0 amide bonds. The molecule has 6 heteroatoms. The third-order valence-electron chi connectivity index (χ3n) is 2.78. The van der Waals surface area contributed by atoms with Gasteiger partial charge in [0.2, 0.25) is 0 Å². The van der Waals surface area contributed by atoms with E-state index in [-0.39, 0.29) is 5.56 Å². The van der Waals surface area contributed by atoms with Gasteiger partial charge < -0.3 is 0 Å². The third kappa shape index (κ3) is 2.46. The van der Waals surface area contributed by atoms with Crippen LogP contribution in [-0.2, 0) is 6.54 Å². The van der Waals surface area contributed by atoms with E-state index in [4.69, 9.17) is 0 Å². The molecule has 0 unspecified atom stereocenters. The lowest BCUT2D eigenvalue weighted by atomic mass is 10.2. The molecule has 19 heavy (non-hydrogen) atoms. The Bertz CT molecular complexity index is 809.